The molecule has 1 nitrogen and oxygen atoms in total. The van der Waals surface area contributed by atoms with Gasteiger partial charge in [0, 0.05) is 5.41 Å². The van der Waals surface area contributed by atoms with E-state index in [0.29, 0.717) is 12.8 Å². The van der Waals surface area contributed by atoms with Crippen LogP contribution in [0.5, 0.6) is 0 Å². The molecule has 0 N–H and O–H groups in total. The van der Waals surface area contributed by atoms with Crippen molar-refractivity contribution in [2.24, 2.45) is 17.3 Å². The Labute approximate surface area is 93.4 Å². The Morgan fingerprint density at radius 1 is 1.06 bits per heavy atom. The number of carbonyl (C=O) groups excluding carboxylic acids is 1. The van der Waals surface area contributed by atoms with Crippen molar-refractivity contribution >= 4 is 6.29 Å². The third kappa shape index (κ3) is 1.98. The van der Waals surface area contributed by atoms with Gasteiger partial charge >= 0.3 is 6.18 Å². The van der Waals surface area contributed by atoms with Crippen LogP contribution >= 0.6 is 0 Å². The van der Waals surface area contributed by atoms with Crippen molar-refractivity contribution in [3.05, 3.63) is 0 Å². The van der Waals surface area contributed by atoms with E-state index in [-0.39, 0.29) is 24.2 Å². The van der Waals surface area contributed by atoms with Crippen LogP contribution in [0.1, 0.15) is 44.9 Å². The lowest BCUT2D eigenvalue weighted by molar-refractivity contribution is -0.187. The minimum atomic E-state index is -4.04. The maximum Gasteiger partial charge on any atom is 0.391 e. The molecule has 4 heteroatoms. The second-order valence-electron chi connectivity index (χ2n) is 5.29. The molecule has 0 spiro atoms. The number of alkyl halides is 3. The van der Waals surface area contributed by atoms with Crippen LogP contribution in [0.2, 0.25) is 0 Å². The maximum atomic E-state index is 12.5. The summed E-state index contributed by atoms with van der Waals surface area (Å²) in [7, 11) is 0. The van der Waals surface area contributed by atoms with Crippen molar-refractivity contribution in [2.45, 2.75) is 51.1 Å². The molecule has 0 aromatic heterocycles. The van der Waals surface area contributed by atoms with E-state index < -0.39 is 12.1 Å². The molecule has 0 saturated heterocycles. The predicted molar refractivity (Wildman–Crippen MR) is 53.9 cm³/mol. The predicted octanol–water partition coefficient (Wildman–Crippen LogP) is 3.72. The number of hydrogen-bond acceptors (Lipinski definition) is 1. The first-order valence-electron chi connectivity index (χ1n) is 6.01. The molecule has 0 unspecified atom stereocenters. The summed E-state index contributed by atoms with van der Waals surface area (Å²) in [5.74, 6) is -0.926. The Bertz CT molecular complexity index is 260. The fourth-order valence-electron chi connectivity index (χ4n) is 3.20. The molecule has 0 atom stereocenters. The zero-order chi connectivity index (χ0) is 11.8. The van der Waals surface area contributed by atoms with E-state index >= 15 is 0 Å². The van der Waals surface area contributed by atoms with Gasteiger partial charge < -0.3 is 4.79 Å². The molecule has 0 bridgehead atoms. The van der Waals surface area contributed by atoms with Gasteiger partial charge in [-0.15, -0.1) is 0 Å². The van der Waals surface area contributed by atoms with Crippen molar-refractivity contribution in [2.75, 3.05) is 0 Å². The lowest BCUT2D eigenvalue weighted by Crippen LogP contribution is -2.42. The lowest BCUT2D eigenvalue weighted by atomic mass is 9.57. The molecule has 2 fully saturated rings. The highest BCUT2D eigenvalue weighted by atomic mass is 19.4. The summed E-state index contributed by atoms with van der Waals surface area (Å²) in [6.45, 7) is 0. The Balaban J connectivity index is 1.92. The first-order valence-corrected chi connectivity index (χ1v) is 6.01. The molecular formula is C12H17F3O. The number of rotatable bonds is 2. The smallest absolute Gasteiger partial charge is 0.303 e. The van der Waals surface area contributed by atoms with Gasteiger partial charge in [0.1, 0.15) is 6.29 Å². The van der Waals surface area contributed by atoms with E-state index in [1.54, 1.807) is 0 Å². The molecule has 0 aromatic rings. The molecule has 2 aliphatic carbocycles. The second-order valence-corrected chi connectivity index (χ2v) is 5.29. The van der Waals surface area contributed by atoms with E-state index in [0.717, 1.165) is 25.5 Å². The minimum Gasteiger partial charge on any atom is -0.303 e. The van der Waals surface area contributed by atoms with Crippen LogP contribution in [0.15, 0.2) is 0 Å². The van der Waals surface area contributed by atoms with Crippen LogP contribution in [-0.4, -0.2) is 12.5 Å². The van der Waals surface area contributed by atoms with Crippen LogP contribution < -0.4 is 0 Å². The Hall–Kier alpha value is -0.540. The number of aldehydes is 1. The fourth-order valence-corrected chi connectivity index (χ4v) is 3.20. The van der Waals surface area contributed by atoms with Crippen LogP contribution in [0, 0.1) is 17.3 Å². The minimum absolute atomic E-state index is 0.206. The van der Waals surface area contributed by atoms with Crippen molar-refractivity contribution in [1.82, 2.24) is 0 Å². The summed E-state index contributed by atoms with van der Waals surface area (Å²) in [5.41, 5.74) is -0.253. The molecule has 92 valence electrons. The molecule has 0 aliphatic heterocycles. The zero-order valence-corrected chi connectivity index (χ0v) is 9.22. The first kappa shape index (κ1) is 11.9. The molecule has 2 aliphatic rings. The van der Waals surface area contributed by atoms with Crippen molar-refractivity contribution in [1.29, 1.82) is 0 Å². The van der Waals surface area contributed by atoms with Gasteiger partial charge in [0.05, 0.1) is 5.92 Å². The van der Waals surface area contributed by atoms with E-state index in [4.69, 9.17) is 0 Å². The first-order chi connectivity index (χ1) is 7.48. The highest BCUT2D eigenvalue weighted by molar-refractivity contribution is 5.61. The Morgan fingerprint density at radius 3 is 1.94 bits per heavy atom. The van der Waals surface area contributed by atoms with Gasteiger partial charge in [-0.2, -0.15) is 13.2 Å². The summed E-state index contributed by atoms with van der Waals surface area (Å²) < 4.78 is 37.4. The van der Waals surface area contributed by atoms with Gasteiger partial charge in [0.15, 0.2) is 0 Å². The van der Waals surface area contributed by atoms with Gasteiger partial charge in [-0.25, -0.2) is 0 Å². The fraction of sp³-hybridized carbons (Fsp3) is 0.917. The zero-order valence-electron chi connectivity index (χ0n) is 9.22. The molecule has 0 amide bonds. The summed E-state index contributed by atoms with van der Waals surface area (Å²) in [5, 5.41) is 0. The summed E-state index contributed by atoms with van der Waals surface area (Å²) in [6, 6.07) is 0. The number of carbonyl (C=O) groups is 1. The van der Waals surface area contributed by atoms with Gasteiger partial charge in [-0.1, -0.05) is 6.42 Å². The summed E-state index contributed by atoms with van der Waals surface area (Å²) in [6.07, 6.45) is 1.36. The van der Waals surface area contributed by atoms with Crippen molar-refractivity contribution in [3.63, 3.8) is 0 Å². The Morgan fingerprint density at radius 2 is 1.62 bits per heavy atom. The number of halogens is 3. The normalized spacial score (nSPS) is 34.2. The van der Waals surface area contributed by atoms with E-state index in [2.05, 4.69) is 0 Å². The Kier molecular flexibility index (Phi) is 3.01. The third-order valence-electron chi connectivity index (χ3n) is 4.52. The average Bonchev–Trinajstić information content (AvgIpc) is 2.16. The second kappa shape index (κ2) is 4.04. The molecule has 0 aromatic carbocycles. The van der Waals surface area contributed by atoms with Crippen LogP contribution in [0.3, 0.4) is 0 Å². The molecular weight excluding hydrogens is 217 g/mol. The molecule has 2 saturated carbocycles. The van der Waals surface area contributed by atoms with Gasteiger partial charge in [-0.3, -0.25) is 0 Å². The van der Waals surface area contributed by atoms with E-state index in [1.807, 2.05) is 0 Å². The highest BCUT2D eigenvalue weighted by Gasteiger charge is 2.48. The lowest BCUT2D eigenvalue weighted by Gasteiger charge is -2.46. The van der Waals surface area contributed by atoms with Crippen molar-refractivity contribution < 1.29 is 18.0 Å². The monoisotopic (exact) mass is 234 g/mol. The van der Waals surface area contributed by atoms with Crippen LogP contribution in [0.4, 0.5) is 13.2 Å². The average molecular weight is 234 g/mol. The molecule has 16 heavy (non-hydrogen) atoms. The standard InChI is InChI=1S/C12H17F3O/c13-12(14,15)10-4-2-9(3-5-10)11(8-16)6-1-7-11/h8-10H,1-7H2. The molecule has 2 rings (SSSR count). The van der Waals surface area contributed by atoms with Gasteiger partial charge in [-0.05, 0) is 44.4 Å². The van der Waals surface area contributed by atoms with E-state index in [1.165, 1.54) is 0 Å². The van der Waals surface area contributed by atoms with Gasteiger partial charge in [0.2, 0.25) is 0 Å². The van der Waals surface area contributed by atoms with Crippen molar-refractivity contribution in [3.8, 4) is 0 Å². The summed E-state index contributed by atoms with van der Waals surface area (Å²) >= 11 is 0. The summed E-state index contributed by atoms with van der Waals surface area (Å²) in [4.78, 5) is 11.1. The topological polar surface area (TPSA) is 17.1 Å². The quantitative estimate of drug-likeness (QED) is 0.665. The van der Waals surface area contributed by atoms with Crippen LogP contribution in [0.25, 0.3) is 0 Å². The molecule has 0 heterocycles. The van der Waals surface area contributed by atoms with E-state index in [9.17, 15) is 18.0 Å². The maximum absolute atomic E-state index is 12.5. The highest BCUT2D eigenvalue weighted by Crippen LogP contribution is 2.52. The van der Waals surface area contributed by atoms with Gasteiger partial charge in [0.25, 0.3) is 0 Å². The number of hydrogen-bond donors (Lipinski definition) is 0. The molecule has 0 radical (unpaired) electrons. The van der Waals surface area contributed by atoms with Crippen LogP contribution in [-0.2, 0) is 4.79 Å². The largest absolute Gasteiger partial charge is 0.391 e. The third-order valence-corrected chi connectivity index (χ3v) is 4.52. The SMILES string of the molecule is O=CC1(C2CCC(C(F)(F)F)CC2)CCC1.